The Morgan fingerprint density at radius 1 is 1.12 bits per heavy atom. The van der Waals surface area contributed by atoms with Crippen molar-refractivity contribution in [2.45, 2.75) is 51.4 Å². The number of piperidine rings is 1. The average molecular weight is 467 g/mol. The summed E-state index contributed by atoms with van der Waals surface area (Å²) in [5.41, 5.74) is -1.93. The highest BCUT2D eigenvalue weighted by atomic mass is 19.4. The van der Waals surface area contributed by atoms with Crippen LogP contribution >= 0.6 is 0 Å². The molecule has 0 saturated carbocycles. The molecule has 1 aromatic carbocycles. The normalized spacial score (nSPS) is 21.5. The number of hydrogen-bond donors (Lipinski definition) is 2. The standard InChI is InChI=1S/C23H25F4N3O3/c1-22(2,3)19-17(13-6-8-14(24)9-7-13)16(10-12-30(19)21(32)33)29-20(31)18-15(23(25,26)27)5-4-11-28-18/h4-9,11,16-17,19H,10,12H2,1-3H3,(H,29,31)(H,32,33)/t16-,17+,19?/m1/s1. The molecule has 6 nitrogen and oxygen atoms in total. The number of amides is 2. The first-order chi connectivity index (χ1) is 15.3. The van der Waals surface area contributed by atoms with Crippen molar-refractivity contribution in [3.8, 4) is 0 Å². The molecule has 0 aliphatic carbocycles. The quantitative estimate of drug-likeness (QED) is 0.628. The van der Waals surface area contributed by atoms with E-state index in [1.54, 1.807) is 0 Å². The van der Waals surface area contributed by atoms with Crippen LogP contribution in [0.15, 0.2) is 42.6 Å². The Bertz CT molecular complexity index is 1020. The van der Waals surface area contributed by atoms with E-state index in [1.165, 1.54) is 29.2 Å². The summed E-state index contributed by atoms with van der Waals surface area (Å²) >= 11 is 0. The van der Waals surface area contributed by atoms with Crippen molar-refractivity contribution in [2.75, 3.05) is 6.54 Å². The summed E-state index contributed by atoms with van der Waals surface area (Å²) in [6, 6.07) is 6.02. The fourth-order valence-corrected chi connectivity index (χ4v) is 4.54. The van der Waals surface area contributed by atoms with E-state index in [0.717, 1.165) is 18.3 Å². The minimum Gasteiger partial charge on any atom is -0.465 e. The van der Waals surface area contributed by atoms with Gasteiger partial charge in [-0.2, -0.15) is 13.2 Å². The van der Waals surface area contributed by atoms with Gasteiger partial charge in [0.2, 0.25) is 0 Å². The number of nitrogens with one attached hydrogen (secondary N) is 1. The van der Waals surface area contributed by atoms with E-state index < -0.39 is 58.7 Å². The fraction of sp³-hybridized carbons (Fsp3) is 0.435. The Morgan fingerprint density at radius 3 is 2.30 bits per heavy atom. The molecule has 1 aliphatic rings. The zero-order valence-electron chi connectivity index (χ0n) is 18.4. The molecular formula is C23H25F4N3O3. The Kier molecular flexibility index (Phi) is 6.67. The molecule has 2 aromatic rings. The number of rotatable bonds is 3. The van der Waals surface area contributed by atoms with Crippen molar-refractivity contribution >= 4 is 12.0 Å². The van der Waals surface area contributed by atoms with Gasteiger partial charge in [-0.15, -0.1) is 0 Å². The molecule has 0 radical (unpaired) electrons. The number of aromatic nitrogens is 1. The zero-order valence-corrected chi connectivity index (χ0v) is 18.4. The van der Waals surface area contributed by atoms with Crippen LogP contribution in [0.2, 0.25) is 0 Å². The number of alkyl halides is 3. The third-order valence-electron chi connectivity index (χ3n) is 5.82. The van der Waals surface area contributed by atoms with Gasteiger partial charge in [0, 0.05) is 30.7 Å². The van der Waals surface area contributed by atoms with Crippen LogP contribution in [-0.4, -0.2) is 45.6 Å². The molecule has 1 aliphatic heterocycles. The number of hydrogen-bond acceptors (Lipinski definition) is 3. The molecule has 3 atom stereocenters. The van der Waals surface area contributed by atoms with Crippen LogP contribution in [0.25, 0.3) is 0 Å². The lowest BCUT2D eigenvalue weighted by atomic mass is 9.69. The molecular weight excluding hydrogens is 442 g/mol. The maximum atomic E-state index is 13.6. The van der Waals surface area contributed by atoms with Gasteiger partial charge in [0.15, 0.2) is 0 Å². The Hall–Kier alpha value is -3.17. The van der Waals surface area contributed by atoms with Gasteiger partial charge < -0.3 is 15.3 Å². The van der Waals surface area contributed by atoms with Gasteiger partial charge in [0.05, 0.1) is 5.56 Å². The second-order valence-corrected chi connectivity index (χ2v) is 9.13. The maximum absolute atomic E-state index is 13.6. The molecule has 2 heterocycles. The van der Waals surface area contributed by atoms with Gasteiger partial charge in [-0.05, 0) is 41.7 Å². The second-order valence-electron chi connectivity index (χ2n) is 9.13. The van der Waals surface area contributed by atoms with Crippen molar-refractivity contribution in [3.05, 3.63) is 65.2 Å². The first-order valence-corrected chi connectivity index (χ1v) is 10.4. The summed E-state index contributed by atoms with van der Waals surface area (Å²) in [5, 5.41) is 12.5. The predicted molar refractivity (Wildman–Crippen MR) is 112 cm³/mol. The number of carboxylic acid groups (broad SMARTS) is 1. The van der Waals surface area contributed by atoms with E-state index in [2.05, 4.69) is 10.3 Å². The highest BCUT2D eigenvalue weighted by Gasteiger charge is 2.47. The Morgan fingerprint density at radius 2 is 1.76 bits per heavy atom. The van der Waals surface area contributed by atoms with Crippen LogP contribution in [0.4, 0.5) is 22.4 Å². The summed E-state index contributed by atoms with van der Waals surface area (Å²) in [6.45, 7) is 5.60. The summed E-state index contributed by atoms with van der Waals surface area (Å²) in [7, 11) is 0. The molecule has 33 heavy (non-hydrogen) atoms. The smallest absolute Gasteiger partial charge is 0.418 e. The molecule has 1 aromatic heterocycles. The monoisotopic (exact) mass is 467 g/mol. The van der Waals surface area contributed by atoms with Crippen molar-refractivity contribution in [1.29, 1.82) is 0 Å². The van der Waals surface area contributed by atoms with Crippen molar-refractivity contribution in [1.82, 2.24) is 15.2 Å². The van der Waals surface area contributed by atoms with Crippen molar-refractivity contribution in [3.63, 3.8) is 0 Å². The third kappa shape index (κ3) is 5.26. The molecule has 3 rings (SSSR count). The lowest BCUT2D eigenvalue weighted by Crippen LogP contribution is -2.60. The molecule has 0 spiro atoms. The van der Waals surface area contributed by atoms with Gasteiger partial charge in [0.25, 0.3) is 5.91 Å². The SMILES string of the molecule is CC(C)(C)C1[C@@H](c2ccc(F)cc2)[C@H](NC(=O)c2ncccc2C(F)(F)F)CCN1C(=O)O. The molecule has 178 valence electrons. The topological polar surface area (TPSA) is 82.5 Å². The second kappa shape index (κ2) is 8.99. The van der Waals surface area contributed by atoms with Crippen molar-refractivity contribution in [2.24, 2.45) is 5.41 Å². The number of carbonyl (C=O) groups is 2. The lowest BCUT2D eigenvalue weighted by molar-refractivity contribution is -0.138. The molecule has 10 heteroatoms. The largest absolute Gasteiger partial charge is 0.465 e. The van der Waals surface area contributed by atoms with E-state index >= 15 is 0 Å². The summed E-state index contributed by atoms with van der Waals surface area (Å²) in [5.74, 6) is -2.12. The summed E-state index contributed by atoms with van der Waals surface area (Å²) in [6.07, 6.45) is -4.64. The Balaban J connectivity index is 2.04. The number of pyridine rings is 1. The number of benzene rings is 1. The molecule has 1 saturated heterocycles. The van der Waals surface area contributed by atoms with Crippen LogP contribution in [0.5, 0.6) is 0 Å². The van der Waals surface area contributed by atoms with Gasteiger partial charge in [-0.25, -0.2) is 9.18 Å². The molecule has 2 N–H and O–H groups in total. The van der Waals surface area contributed by atoms with E-state index in [-0.39, 0.29) is 13.0 Å². The van der Waals surface area contributed by atoms with Gasteiger partial charge in [0.1, 0.15) is 11.5 Å². The minimum atomic E-state index is -4.77. The maximum Gasteiger partial charge on any atom is 0.418 e. The van der Waals surface area contributed by atoms with Gasteiger partial charge in [-0.1, -0.05) is 32.9 Å². The molecule has 0 bridgehead atoms. The van der Waals surface area contributed by atoms with Crippen LogP contribution in [0, 0.1) is 11.2 Å². The number of likely N-dealkylation sites (tertiary alicyclic amines) is 1. The fourth-order valence-electron chi connectivity index (χ4n) is 4.54. The number of halogens is 4. The molecule has 2 amide bonds. The summed E-state index contributed by atoms with van der Waals surface area (Å²) in [4.78, 5) is 29.8. The first kappa shape index (κ1) is 24.5. The van der Waals surface area contributed by atoms with Crippen molar-refractivity contribution < 1.29 is 32.3 Å². The Labute approximate surface area is 188 Å². The highest BCUT2D eigenvalue weighted by Crippen LogP contribution is 2.42. The van der Waals surface area contributed by atoms with Gasteiger partial charge in [-0.3, -0.25) is 9.78 Å². The van der Waals surface area contributed by atoms with E-state index in [9.17, 15) is 32.3 Å². The van der Waals surface area contributed by atoms with E-state index in [0.29, 0.717) is 5.56 Å². The van der Waals surface area contributed by atoms with E-state index in [1.807, 2.05) is 20.8 Å². The van der Waals surface area contributed by atoms with Crippen LogP contribution in [0.3, 0.4) is 0 Å². The third-order valence-corrected chi connectivity index (χ3v) is 5.82. The molecule has 1 fully saturated rings. The van der Waals surface area contributed by atoms with Crippen LogP contribution < -0.4 is 5.32 Å². The van der Waals surface area contributed by atoms with Crippen LogP contribution in [-0.2, 0) is 6.18 Å². The van der Waals surface area contributed by atoms with E-state index in [4.69, 9.17) is 0 Å². The van der Waals surface area contributed by atoms with Crippen LogP contribution in [0.1, 0.15) is 54.7 Å². The minimum absolute atomic E-state index is 0.0776. The average Bonchev–Trinajstić information content (AvgIpc) is 2.72. The number of nitrogens with zero attached hydrogens (tertiary/aromatic N) is 2. The highest BCUT2D eigenvalue weighted by molar-refractivity contribution is 5.94. The van der Waals surface area contributed by atoms with Gasteiger partial charge >= 0.3 is 12.3 Å². The first-order valence-electron chi connectivity index (χ1n) is 10.4. The molecule has 1 unspecified atom stereocenters. The summed E-state index contributed by atoms with van der Waals surface area (Å²) < 4.78 is 53.8. The zero-order chi connectivity index (χ0) is 24.6. The predicted octanol–water partition coefficient (Wildman–Crippen LogP) is 4.92. The lowest BCUT2D eigenvalue weighted by Gasteiger charge is -2.50. The number of carbonyl (C=O) groups excluding carboxylic acids is 1.